The molecule has 19 heavy (non-hydrogen) atoms. The maximum Gasteiger partial charge on any atom is 0.00157 e. The summed E-state index contributed by atoms with van der Waals surface area (Å²) in [5.74, 6) is 2.69. The van der Waals surface area contributed by atoms with Crippen molar-refractivity contribution in [1.82, 2.24) is 4.90 Å². The minimum Gasteiger partial charge on any atom is -0.309 e. The first kappa shape index (κ1) is 16.5. The van der Waals surface area contributed by atoms with E-state index in [1.807, 2.05) is 0 Å². The first-order valence-electron chi connectivity index (χ1n) is 7.85. The molecule has 0 amide bonds. The minimum atomic E-state index is 0.648. The van der Waals surface area contributed by atoms with Gasteiger partial charge in [0.25, 0.3) is 0 Å². The van der Waals surface area contributed by atoms with Gasteiger partial charge in [-0.25, -0.2) is 0 Å². The highest BCUT2D eigenvalue weighted by atomic mass is 15.0. The average molecular weight is 263 g/mol. The van der Waals surface area contributed by atoms with Crippen molar-refractivity contribution < 1.29 is 0 Å². The van der Waals surface area contributed by atoms with Crippen molar-refractivity contribution in [2.75, 3.05) is 20.6 Å². The molecule has 0 fully saturated rings. The SMILES string of the molecule is CC(C)C1=C(C(C)C)C(C(C)C)C=C1CCN(C)C. The molecule has 0 heterocycles. The molecule has 1 heteroatoms. The molecule has 0 saturated carbocycles. The molecule has 0 aromatic heterocycles. The van der Waals surface area contributed by atoms with Crippen molar-refractivity contribution in [2.24, 2.45) is 23.7 Å². The maximum atomic E-state index is 2.57. The number of rotatable bonds is 6. The third kappa shape index (κ3) is 3.95. The molecule has 1 aliphatic rings. The van der Waals surface area contributed by atoms with Gasteiger partial charge in [0.1, 0.15) is 0 Å². The van der Waals surface area contributed by atoms with Crippen LogP contribution in [0.25, 0.3) is 0 Å². The predicted molar refractivity (Wildman–Crippen MR) is 86.3 cm³/mol. The van der Waals surface area contributed by atoms with Crippen molar-refractivity contribution in [1.29, 1.82) is 0 Å². The summed E-state index contributed by atoms with van der Waals surface area (Å²) >= 11 is 0. The van der Waals surface area contributed by atoms with E-state index >= 15 is 0 Å². The van der Waals surface area contributed by atoms with Gasteiger partial charge in [0.05, 0.1) is 0 Å². The van der Waals surface area contributed by atoms with E-state index in [1.165, 1.54) is 6.42 Å². The third-order valence-corrected chi connectivity index (χ3v) is 4.14. The second kappa shape index (κ2) is 6.74. The Morgan fingerprint density at radius 1 is 1.00 bits per heavy atom. The molecule has 0 N–H and O–H groups in total. The Labute approximate surface area is 120 Å². The summed E-state index contributed by atoms with van der Waals surface area (Å²) in [6, 6.07) is 0. The number of nitrogens with zero attached hydrogens (tertiary/aromatic N) is 1. The zero-order chi connectivity index (χ0) is 14.7. The molecular weight excluding hydrogens is 230 g/mol. The van der Waals surface area contributed by atoms with E-state index in [0.717, 1.165) is 6.54 Å². The summed E-state index contributed by atoms with van der Waals surface area (Å²) in [6.07, 6.45) is 3.76. The van der Waals surface area contributed by atoms with Crippen molar-refractivity contribution >= 4 is 0 Å². The van der Waals surface area contributed by atoms with Crippen LogP contribution in [0.3, 0.4) is 0 Å². The maximum absolute atomic E-state index is 2.57. The smallest absolute Gasteiger partial charge is 0.00157 e. The van der Waals surface area contributed by atoms with E-state index in [1.54, 1.807) is 16.7 Å². The predicted octanol–water partition coefficient (Wildman–Crippen LogP) is 4.76. The van der Waals surface area contributed by atoms with Crippen molar-refractivity contribution in [2.45, 2.75) is 48.0 Å². The molecule has 0 spiro atoms. The van der Waals surface area contributed by atoms with Crippen LogP contribution < -0.4 is 0 Å². The molecule has 1 unspecified atom stereocenters. The van der Waals surface area contributed by atoms with Crippen LogP contribution in [0.4, 0.5) is 0 Å². The van der Waals surface area contributed by atoms with Gasteiger partial charge < -0.3 is 4.90 Å². The summed E-state index contributed by atoms with van der Waals surface area (Å²) in [6.45, 7) is 15.3. The zero-order valence-electron chi connectivity index (χ0n) is 14.2. The zero-order valence-corrected chi connectivity index (χ0v) is 14.2. The summed E-state index contributed by atoms with van der Waals surface area (Å²) in [4.78, 5) is 2.29. The Morgan fingerprint density at radius 2 is 1.58 bits per heavy atom. The molecule has 1 atom stereocenters. The fourth-order valence-corrected chi connectivity index (χ4v) is 3.27. The lowest BCUT2D eigenvalue weighted by molar-refractivity contribution is 0.412. The number of allylic oxidation sites excluding steroid dienone is 3. The fraction of sp³-hybridized carbons (Fsp3) is 0.778. The monoisotopic (exact) mass is 263 g/mol. The second-order valence-corrected chi connectivity index (χ2v) is 7.19. The quantitative estimate of drug-likeness (QED) is 0.668. The van der Waals surface area contributed by atoms with E-state index in [4.69, 9.17) is 0 Å². The van der Waals surface area contributed by atoms with Crippen LogP contribution >= 0.6 is 0 Å². The van der Waals surface area contributed by atoms with Gasteiger partial charge >= 0.3 is 0 Å². The summed E-state index contributed by atoms with van der Waals surface area (Å²) < 4.78 is 0. The van der Waals surface area contributed by atoms with Crippen LogP contribution in [-0.4, -0.2) is 25.5 Å². The lowest BCUT2D eigenvalue weighted by atomic mass is 9.81. The van der Waals surface area contributed by atoms with Gasteiger partial charge in [-0.1, -0.05) is 53.2 Å². The number of hydrogen-bond acceptors (Lipinski definition) is 1. The molecule has 0 radical (unpaired) electrons. The van der Waals surface area contributed by atoms with Crippen molar-refractivity contribution in [3.8, 4) is 0 Å². The summed E-state index contributed by atoms with van der Waals surface area (Å²) in [5, 5.41) is 0. The molecule has 0 bridgehead atoms. The lowest BCUT2D eigenvalue weighted by Gasteiger charge is -2.24. The Hall–Kier alpha value is -0.560. The molecule has 110 valence electrons. The highest BCUT2D eigenvalue weighted by molar-refractivity contribution is 5.47. The Balaban J connectivity index is 3.10. The molecule has 0 aromatic rings. The van der Waals surface area contributed by atoms with Crippen molar-refractivity contribution in [3.05, 3.63) is 22.8 Å². The number of hydrogen-bond donors (Lipinski definition) is 0. The van der Waals surface area contributed by atoms with Gasteiger partial charge in [0, 0.05) is 12.5 Å². The van der Waals surface area contributed by atoms with E-state index < -0.39 is 0 Å². The Kier molecular flexibility index (Phi) is 5.85. The summed E-state index contributed by atoms with van der Waals surface area (Å²) in [7, 11) is 4.33. The molecule has 0 saturated heterocycles. The van der Waals surface area contributed by atoms with E-state index in [0.29, 0.717) is 23.7 Å². The first-order chi connectivity index (χ1) is 8.75. The van der Waals surface area contributed by atoms with Crippen LogP contribution in [0.5, 0.6) is 0 Å². The second-order valence-electron chi connectivity index (χ2n) is 7.19. The highest BCUT2D eigenvalue weighted by Gasteiger charge is 2.30. The van der Waals surface area contributed by atoms with Gasteiger partial charge in [-0.2, -0.15) is 0 Å². The lowest BCUT2D eigenvalue weighted by Crippen LogP contribution is -2.15. The van der Waals surface area contributed by atoms with Gasteiger partial charge in [-0.15, -0.1) is 0 Å². The largest absolute Gasteiger partial charge is 0.309 e. The minimum absolute atomic E-state index is 0.648. The molecule has 1 nitrogen and oxygen atoms in total. The van der Waals surface area contributed by atoms with E-state index in [9.17, 15) is 0 Å². The van der Waals surface area contributed by atoms with Gasteiger partial charge in [-0.05, 0) is 49.4 Å². The molecule has 0 aromatic carbocycles. The van der Waals surface area contributed by atoms with Gasteiger partial charge in [0.2, 0.25) is 0 Å². The van der Waals surface area contributed by atoms with Gasteiger partial charge in [0.15, 0.2) is 0 Å². The van der Waals surface area contributed by atoms with Crippen LogP contribution in [0.15, 0.2) is 22.8 Å². The molecule has 1 rings (SSSR count). The van der Waals surface area contributed by atoms with Crippen LogP contribution in [0.2, 0.25) is 0 Å². The molecule has 1 aliphatic carbocycles. The van der Waals surface area contributed by atoms with E-state index in [-0.39, 0.29) is 0 Å². The average Bonchev–Trinajstić information content (AvgIpc) is 2.65. The fourth-order valence-electron chi connectivity index (χ4n) is 3.27. The van der Waals surface area contributed by atoms with Crippen LogP contribution in [-0.2, 0) is 0 Å². The van der Waals surface area contributed by atoms with Crippen molar-refractivity contribution in [3.63, 3.8) is 0 Å². The summed E-state index contributed by atoms with van der Waals surface area (Å²) in [5.41, 5.74) is 4.99. The normalized spacial score (nSPS) is 20.4. The Bertz CT molecular complexity index is 356. The topological polar surface area (TPSA) is 3.24 Å². The standard InChI is InChI=1S/C18H33N/c1-12(2)16-11-15(9-10-19(7)8)17(13(3)4)18(16)14(5)6/h11-14,16H,9-10H2,1-8H3. The first-order valence-corrected chi connectivity index (χ1v) is 7.85. The highest BCUT2D eigenvalue weighted by Crippen LogP contribution is 2.43. The third-order valence-electron chi connectivity index (χ3n) is 4.14. The molecule has 0 aliphatic heterocycles. The van der Waals surface area contributed by atoms with E-state index in [2.05, 4.69) is 66.6 Å². The van der Waals surface area contributed by atoms with Gasteiger partial charge in [-0.3, -0.25) is 0 Å². The van der Waals surface area contributed by atoms with Crippen LogP contribution in [0, 0.1) is 23.7 Å². The Morgan fingerprint density at radius 3 is 1.95 bits per heavy atom. The van der Waals surface area contributed by atoms with Crippen LogP contribution in [0.1, 0.15) is 48.0 Å². The molecular formula is C18H33N.